The number of nitrogens with one attached hydrogen (secondary N) is 1. The van der Waals surface area contributed by atoms with Gasteiger partial charge in [-0.15, -0.1) is 0 Å². The number of amides is 1. The van der Waals surface area contributed by atoms with Crippen LogP contribution in [-0.2, 0) is 11.3 Å². The van der Waals surface area contributed by atoms with Crippen LogP contribution in [0.3, 0.4) is 0 Å². The molecule has 4 nitrogen and oxygen atoms in total. The van der Waals surface area contributed by atoms with Gasteiger partial charge < -0.3 is 5.32 Å². The predicted octanol–water partition coefficient (Wildman–Crippen LogP) is 3.59. The van der Waals surface area contributed by atoms with E-state index < -0.39 is 0 Å². The van der Waals surface area contributed by atoms with Crippen LogP contribution in [0.5, 0.6) is 0 Å². The van der Waals surface area contributed by atoms with E-state index in [9.17, 15) is 9.18 Å². The minimum absolute atomic E-state index is 0.0517. The van der Waals surface area contributed by atoms with Gasteiger partial charge in [0.2, 0.25) is 5.91 Å². The first-order chi connectivity index (χ1) is 10.7. The maximum Gasteiger partial charge on any atom is 0.228 e. The molecule has 1 N–H and O–H groups in total. The normalized spacial score (nSPS) is 15.7. The molecule has 2 aromatic rings. The summed E-state index contributed by atoms with van der Waals surface area (Å²) in [4.78, 5) is 12.2. The van der Waals surface area contributed by atoms with Crippen molar-refractivity contribution in [2.45, 2.75) is 38.6 Å². The average molecular weight is 301 g/mol. The molecular formula is C17H20FN3O. The molecule has 0 aliphatic heterocycles. The van der Waals surface area contributed by atoms with Crippen molar-refractivity contribution in [2.24, 2.45) is 5.92 Å². The molecule has 1 saturated carbocycles. The summed E-state index contributed by atoms with van der Waals surface area (Å²) in [7, 11) is 0. The van der Waals surface area contributed by atoms with Crippen LogP contribution in [-0.4, -0.2) is 15.7 Å². The van der Waals surface area contributed by atoms with Crippen LogP contribution in [0.25, 0.3) is 0 Å². The highest BCUT2D eigenvalue weighted by Crippen LogP contribution is 2.24. The fraction of sp³-hybridized carbons (Fsp3) is 0.412. The van der Waals surface area contributed by atoms with Crippen LogP contribution >= 0.6 is 0 Å². The third-order valence-electron chi connectivity index (χ3n) is 4.16. The number of rotatable bonds is 4. The second-order valence-corrected chi connectivity index (χ2v) is 5.81. The molecule has 22 heavy (non-hydrogen) atoms. The summed E-state index contributed by atoms with van der Waals surface area (Å²) >= 11 is 0. The van der Waals surface area contributed by atoms with E-state index >= 15 is 0 Å². The standard InChI is InChI=1S/C17H20FN3O/c18-15-9-5-4-8-14(15)12-21-11-10-16(20-21)19-17(22)13-6-2-1-3-7-13/h4-5,8-11,13H,1-3,6-7,12H2,(H,19,20,22). The van der Waals surface area contributed by atoms with E-state index in [0.717, 1.165) is 25.7 Å². The number of carbonyl (C=O) groups is 1. The number of hydrogen-bond acceptors (Lipinski definition) is 2. The Morgan fingerprint density at radius 3 is 2.77 bits per heavy atom. The molecular weight excluding hydrogens is 281 g/mol. The Balaban J connectivity index is 1.61. The molecule has 0 unspecified atom stereocenters. The highest BCUT2D eigenvalue weighted by molar-refractivity contribution is 5.91. The van der Waals surface area contributed by atoms with Crippen LogP contribution in [0.4, 0.5) is 10.2 Å². The number of aromatic nitrogens is 2. The molecule has 1 aliphatic rings. The number of anilines is 1. The summed E-state index contributed by atoms with van der Waals surface area (Å²) in [6.45, 7) is 0.353. The van der Waals surface area contributed by atoms with Crippen LogP contribution in [0.15, 0.2) is 36.5 Å². The van der Waals surface area contributed by atoms with E-state index in [-0.39, 0.29) is 17.6 Å². The molecule has 3 rings (SSSR count). The molecule has 0 spiro atoms. The van der Waals surface area contributed by atoms with Gasteiger partial charge in [-0.05, 0) is 18.9 Å². The zero-order valence-corrected chi connectivity index (χ0v) is 12.5. The first-order valence-electron chi connectivity index (χ1n) is 7.80. The molecule has 1 aliphatic carbocycles. The first kappa shape index (κ1) is 14.8. The highest BCUT2D eigenvalue weighted by Gasteiger charge is 2.21. The lowest BCUT2D eigenvalue weighted by Gasteiger charge is -2.19. The molecule has 1 aromatic carbocycles. The van der Waals surface area contributed by atoms with Gasteiger partial charge in [-0.25, -0.2) is 4.39 Å². The van der Waals surface area contributed by atoms with Gasteiger partial charge in [-0.3, -0.25) is 9.48 Å². The summed E-state index contributed by atoms with van der Waals surface area (Å²) in [5.74, 6) is 0.444. The molecule has 0 atom stereocenters. The Morgan fingerprint density at radius 2 is 2.00 bits per heavy atom. The van der Waals surface area contributed by atoms with Gasteiger partial charge in [0.15, 0.2) is 5.82 Å². The maximum atomic E-state index is 13.6. The highest BCUT2D eigenvalue weighted by atomic mass is 19.1. The fourth-order valence-corrected chi connectivity index (χ4v) is 2.91. The van der Waals surface area contributed by atoms with Gasteiger partial charge in [0, 0.05) is 23.7 Å². The number of halogens is 1. The Bertz CT molecular complexity index is 647. The fourth-order valence-electron chi connectivity index (χ4n) is 2.91. The van der Waals surface area contributed by atoms with Crippen molar-refractivity contribution in [3.63, 3.8) is 0 Å². The van der Waals surface area contributed by atoms with Crippen molar-refractivity contribution in [1.82, 2.24) is 9.78 Å². The van der Waals surface area contributed by atoms with Crippen LogP contribution in [0, 0.1) is 11.7 Å². The number of hydrogen-bond donors (Lipinski definition) is 1. The topological polar surface area (TPSA) is 46.9 Å². The van der Waals surface area contributed by atoms with Crippen molar-refractivity contribution in [1.29, 1.82) is 0 Å². The van der Waals surface area contributed by atoms with Crippen LogP contribution in [0.1, 0.15) is 37.7 Å². The average Bonchev–Trinajstić information content (AvgIpc) is 2.97. The minimum atomic E-state index is -0.245. The molecule has 1 aromatic heterocycles. The smallest absolute Gasteiger partial charge is 0.228 e. The van der Waals surface area contributed by atoms with Crippen LogP contribution in [0.2, 0.25) is 0 Å². The quantitative estimate of drug-likeness (QED) is 0.938. The Morgan fingerprint density at radius 1 is 1.23 bits per heavy atom. The zero-order chi connectivity index (χ0) is 15.4. The minimum Gasteiger partial charge on any atom is -0.309 e. The van der Waals surface area contributed by atoms with Gasteiger partial charge in [0.25, 0.3) is 0 Å². The van der Waals surface area contributed by atoms with Gasteiger partial charge >= 0.3 is 0 Å². The van der Waals surface area contributed by atoms with Crippen molar-refractivity contribution in [3.05, 3.63) is 47.9 Å². The maximum absolute atomic E-state index is 13.6. The lowest BCUT2D eigenvalue weighted by molar-refractivity contribution is -0.120. The van der Waals surface area contributed by atoms with Crippen molar-refractivity contribution in [3.8, 4) is 0 Å². The molecule has 116 valence electrons. The second-order valence-electron chi connectivity index (χ2n) is 5.81. The van der Waals surface area contributed by atoms with E-state index in [2.05, 4.69) is 10.4 Å². The Kier molecular flexibility index (Phi) is 4.51. The lowest BCUT2D eigenvalue weighted by Crippen LogP contribution is -2.25. The zero-order valence-electron chi connectivity index (χ0n) is 12.5. The van der Waals surface area contributed by atoms with Gasteiger partial charge in [-0.1, -0.05) is 37.5 Å². The summed E-state index contributed by atoms with van der Waals surface area (Å²) in [6, 6.07) is 8.38. The van der Waals surface area contributed by atoms with E-state index in [1.807, 2.05) is 0 Å². The molecule has 0 saturated heterocycles. The monoisotopic (exact) mass is 301 g/mol. The summed E-state index contributed by atoms with van der Waals surface area (Å²) < 4.78 is 15.3. The third kappa shape index (κ3) is 3.53. The van der Waals surface area contributed by atoms with Crippen LogP contribution < -0.4 is 5.32 Å². The molecule has 1 fully saturated rings. The van der Waals surface area contributed by atoms with E-state index in [1.54, 1.807) is 35.1 Å². The van der Waals surface area contributed by atoms with Crippen molar-refractivity contribution in [2.75, 3.05) is 5.32 Å². The number of benzene rings is 1. The van der Waals surface area contributed by atoms with Gasteiger partial charge in [0.1, 0.15) is 5.82 Å². The Hall–Kier alpha value is -2.17. The third-order valence-corrected chi connectivity index (χ3v) is 4.16. The largest absolute Gasteiger partial charge is 0.309 e. The van der Waals surface area contributed by atoms with Crippen molar-refractivity contribution >= 4 is 11.7 Å². The SMILES string of the molecule is O=C(Nc1ccn(Cc2ccccc2F)n1)C1CCCCC1. The molecule has 1 heterocycles. The molecule has 1 amide bonds. The Labute approximate surface area is 129 Å². The van der Waals surface area contributed by atoms with Gasteiger partial charge in [0.05, 0.1) is 6.54 Å². The van der Waals surface area contributed by atoms with E-state index in [1.165, 1.54) is 12.5 Å². The predicted molar refractivity (Wildman–Crippen MR) is 82.9 cm³/mol. The van der Waals surface area contributed by atoms with E-state index in [4.69, 9.17) is 0 Å². The number of nitrogens with zero attached hydrogens (tertiary/aromatic N) is 2. The molecule has 0 radical (unpaired) electrons. The molecule has 5 heteroatoms. The molecule has 0 bridgehead atoms. The number of carbonyl (C=O) groups excluding carboxylic acids is 1. The van der Waals surface area contributed by atoms with E-state index in [0.29, 0.717) is 17.9 Å². The summed E-state index contributed by atoms with van der Waals surface area (Å²) in [5.41, 5.74) is 0.579. The lowest BCUT2D eigenvalue weighted by atomic mass is 9.89. The summed E-state index contributed by atoms with van der Waals surface area (Å²) in [5, 5.41) is 7.17. The second kappa shape index (κ2) is 6.73. The van der Waals surface area contributed by atoms with Crippen molar-refractivity contribution < 1.29 is 9.18 Å². The first-order valence-corrected chi connectivity index (χ1v) is 7.80. The summed E-state index contributed by atoms with van der Waals surface area (Å²) in [6.07, 6.45) is 7.15. The van der Waals surface area contributed by atoms with Gasteiger partial charge in [-0.2, -0.15) is 5.10 Å².